The first-order chi connectivity index (χ1) is 13.5. The van der Waals surface area contributed by atoms with Gasteiger partial charge in [0.05, 0.1) is 26.8 Å². The quantitative estimate of drug-likeness (QED) is 0.664. The van der Waals surface area contributed by atoms with Crippen LogP contribution in [-0.2, 0) is 11.3 Å². The fourth-order valence-electron chi connectivity index (χ4n) is 3.35. The van der Waals surface area contributed by atoms with Crippen LogP contribution in [0.1, 0.15) is 12.5 Å². The minimum Gasteiger partial charge on any atom is -0.493 e. The van der Waals surface area contributed by atoms with Crippen LogP contribution in [0.3, 0.4) is 0 Å². The SMILES string of the molecule is COc1cccc(C[NH+](C)[C@@H](C)C(=O)Nc2cccc3ccccc23)c1OC. The van der Waals surface area contributed by atoms with Crippen molar-refractivity contribution in [2.24, 2.45) is 0 Å². The smallest absolute Gasteiger partial charge is 0.282 e. The van der Waals surface area contributed by atoms with E-state index in [1.165, 1.54) is 0 Å². The second-order valence-electron chi connectivity index (χ2n) is 6.91. The number of anilines is 1. The number of rotatable bonds is 7. The van der Waals surface area contributed by atoms with E-state index < -0.39 is 0 Å². The molecule has 0 aliphatic heterocycles. The molecule has 1 unspecified atom stereocenters. The van der Waals surface area contributed by atoms with Gasteiger partial charge in [-0.15, -0.1) is 0 Å². The summed E-state index contributed by atoms with van der Waals surface area (Å²) >= 11 is 0. The highest BCUT2D eigenvalue weighted by atomic mass is 16.5. The Kier molecular flexibility index (Phi) is 6.16. The number of para-hydroxylation sites is 1. The first kappa shape index (κ1) is 19.7. The molecule has 2 N–H and O–H groups in total. The van der Waals surface area contributed by atoms with Crippen LogP contribution in [0, 0.1) is 0 Å². The van der Waals surface area contributed by atoms with Gasteiger partial charge in [0.25, 0.3) is 5.91 Å². The summed E-state index contributed by atoms with van der Waals surface area (Å²) in [5.74, 6) is 1.39. The van der Waals surface area contributed by atoms with E-state index in [0.29, 0.717) is 18.0 Å². The van der Waals surface area contributed by atoms with E-state index in [-0.39, 0.29) is 11.9 Å². The summed E-state index contributed by atoms with van der Waals surface area (Å²) in [5, 5.41) is 5.23. The zero-order valence-electron chi connectivity index (χ0n) is 16.8. The molecule has 3 aromatic rings. The summed E-state index contributed by atoms with van der Waals surface area (Å²) in [7, 11) is 5.26. The first-order valence-corrected chi connectivity index (χ1v) is 9.36. The third-order valence-electron chi connectivity index (χ3n) is 5.13. The number of amides is 1. The fourth-order valence-corrected chi connectivity index (χ4v) is 3.35. The minimum atomic E-state index is -0.241. The fraction of sp³-hybridized carbons (Fsp3) is 0.261. The highest BCUT2D eigenvalue weighted by Crippen LogP contribution is 2.30. The molecule has 3 rings (SSSR count). The van der Waals surface area contributed by atoms with Crippen LogP contribution in [0.5, 0.6) is 11.5 Å². The van der Waals surface area contributed by atoms with E-state index in [1.54, 1.807) is 14.2 Å². The number of carbonyl (C=O) groups is 1. The van der Waals surface area contributed by atoms with Crippen LogP contribution >= 0.6 is 0 Å². The van der Waals surface area contributed by atoms with Gasteiger partial charge < -0.3 is 19.7 Å². The molecule has 1 amide bonds. The number of nitrogens with one attached hydrogen (secondary N) is 2. The zero-order chi connectivity index (χ0) is 20.1. The van der Waals surface area contributed by atoms with Crippen LogP contribution in [0.15, 0.2) is 60.7 Å². The van der Waals surface area contributed by atoms with Crippen molar-refractivity contribution in [2.75, 3.05) is 26.6 Å². The van der Waals surface area contributed by atoms with Gasteiger partial charge in [-0.1, -0.05) is 42.5 Å². The van der Waals surface area contributed by atoms with Crippen molar-refractivity contribution < 1.29 is 19.2 Å². The van der Waals surface area contributed by atoms with Gasteiger partial charge in [0.1, 0.15) is 6.54 Å². The second kappa shape index (κ2) is 8.76. The average Bonchev–Trinajstić information content (AvgIpc) is 2.73. The number of methoxy groups -OCH3 is 2. The number of carbonyl (C=O) groups excluding carboxylic acids is 1. The summed E-state index contributed by atoms with van der Waals surface area (Å²) < 4.78 is 10.9. The molecule has 0 saturated carbocycles. The molecule has 3 aromatic carbocycles. The van der Waals surface area contributed by atoms with E-state index >= 15 is 0 Å². The molecule has 0 aliphatic rings. The summed E-state index contributed by atoms with van der Waals surface area (Å²) in [5.41, 5.74) is 1.84. The lowest BCUT2D eigenvalue weighted by atomic mass is 10.1. The zero-order valence-corrected chi connectivity index (χ0v) is 16.8. The summed E-state index contributed by atoms with van der Waals surface area (Å²) in [6.07, 6.45) is 0. The molecule has 0 spiro atoms. The van der Waals surface area contributed by atoms with E-state index in [9.17, 15) is 4.79 Å². The molecule has 0 fully saturated rings. The predicted octanol–water partition coefficient (Wildman–Crippen LogP) is 2.90. The van der Waals surface area contributed by atoms with Gasteiger partial charge in [0, 0.05) is 11.1 Å². The standard InChI is InChI=1S/C23H26N2O3/c1-16(25(2)15-18-11-8-14-21(27-3)22(18)28-4)23(26)24-20-13-7-10-17-9-5-6-12-19(17)20/h5-14,16H,15H2,1-4H3,(H,24,26)/p+1/t16-/m0/s1. The Bertz CT molecular complexity index is 966. The Morgan fingerprint density at radius 3 is 2.46 bits per heavy atom. The van der Waals surface area contributed by atoms with Gasteiger partial charge in [-0.3, -0.25) is 4.79 Å². The van der Waals surface area contributed by atoms with Crippen molar-refractivity contribution in [2.45, 2.75) is 19.5 Å². The normalized spacial score (nSPS) is 13.0. The van der Waals surface area contributed by atoms with Crippen LogP contribution in [0.25, 0.3) is 10.8 Å². The van der Waals surface area contributed by atoms with Crippen molar-refractivity contribution in [3.8, 4) is 11.5 Å². The summed E-state index contributed by atoms with van der Waals surface area (Å²) in [4.78, 5) is 13.9. The van der Waals surface area contributed by atoms with Gasteiger partial charge in [-0.25, -0.2) is 0 Å². The molecule has 5 heteroatoms. The molecule has 0 aliphatic carbocycles. The maximum Gasteiger partial charge on any atom is 0.282 e. The molecule has 5 nitrogen and oxygen atoms in total. The van der Waals surface area contributed by atoms with E-state index in [4.69, 9.17) is 9.47 Å². The van der Waals surface area contributed by atoms with Crippen molar-refractivity contribution in [3.05, 3.63) is 66.2 Å². The Labute approximate surface area is 165 Å². The summed E-state index contributed by atoms with van der Waals surface area (Å²) in [6, 6.07) is 19.5. The molecule has 0 saturated heterocycles. The van der Waals surface area contributed by atoms with Crippen LogP contribution in [0.2, 0.25) is 0 Å². The predicted molar refractivity (Wildman–Crippen MR) is 112 cm³/mol. The van der Waals surface area contributed by atoms with Crippen molar-refractivity contribution in [1.29, 1.82) is 0 Å². The lowest BCUT2D eigenvalue weighted by Gasteiger charge is -2.23. The van der Waals surface area contributed by atoms with Gasteiger partial charge >= 0.3 is 0 Å². The van der Waals surface area contributed by atoms with Crippen molar-refractivity contribution in [1.82, 2.24) is 0 Å². The summed E-state index contributed by atoms with van der Waals surface area (Å²) in [6.45, 7) is 2.58. The Balaban J connectivity index is 1.74. The number of fused-ring (bicyclic) bond motifs is 1. The minimum absolute atomic E-state index is 0.0179. The average molecular weight is 379 g/mol. The van der Waals surface area contributed by atoms with Crippen LogP contribution < -0.4 is 19.7 Å². The molecule has 0 heterocycles. The lowest BCUT2D eigenvalue weighted by Crippen LogP contribution is -3.12. The Morgan fingerprint density at radius 2 is 1.71 bits per heavy atom. The number of hydrogen-bond donors (Lipinski definition) is 2. The van der Waals surface area contributed by atoms with Crippen molar-refractivity contribution >= 4 is 22.4 Å². The lowest BCUT2D eigenvalue weighted by molar-refractivity contribution is -0.907. The number of likely N-dealkylation sites (N-methyl/N-ethyl adjacent to an activating group) is 1. The Morgan fingerprint density at radius 1 is 1.00 bits per heavy atom. The number of ether oxygens (including phenoxy) is 2. The van der Waals surface area contributed by atoms with Gasteiger partial charge in [-0.2, -0.15) is 0 Å². The highest BCUT2D eigenvalue weighted by Gasteiger charge is 2.24. The molecule has 0 aromatic heterocycles. The molecule has 0 radical (unpaired) electrons. The third kappa shape index (κ3) is 4.10. The van der Waals surface area contributed by atoms with Crippen LogP contribution in [-0.4, -0.2) is 33.2 Å². The van der Waals surface area contributed by atoms with Crippen molar-refractivity contribution in [3.63, 3.8) is 0 Å². The van der Waals surface area contributed by atoms with E-state index in [2.05, 4.69) is 5.32 Å². The third-order valence-corrected chi connectivity index (χ3v) is 5.13. The molecular formula is C23H27N2O3+. The topological polar surface area (TPSA) is 52.0 Å². The monoisotopic (exact) mass is 379 g/mol. The maximum absolute atomic E-state index is 12.9. The Hall–Kier alpha value is -3.05. The van der Waals surface area contributed by atoms with E-state index in [0.717, 1.165) is 26.9 Å². The van der Waals surface area contributed by atoms with Crippen LogP contribution in [0.4, 0.5) is 5.69 Å². The van der Waals surface area contributed by atoms with Gasteiger partial charge in [0.2, 0.25) is 0 Å². The number of benzene rings is 3. The first-order valence-electron chi connectivity index (χ1n) is 9.36. The molecular weight excluding hydrogens is 352 g/mol. The van der Waals surface area contributed by atoms with Gasteiger partial charge in [-0.05, 0) is 30.5 Å². The number of hydrogen-bond acceptors (Lipinski definition) is 3. The largest absolute Gasteiger partial charge is 0.493 e. The highest BCUT2D eigenvalue weighted by molar-refractivity contribution is 6.03. The molecule has 0 bridgehead atoms. The number of quaternary nitrogens is 1. The second-order valence-corrected chi connectivity index (χ2v) is 6.91. The van der Waals surface area contributed by atoms with Gasteiger partial charge in [0.15, 0.2) is 17.5 Å². The molecule has 28 heavy (non-hydrogen) atoms. The molecule has 146 valence electrons. The van der Waals surface area contributed by atoms with E-state index in [1.807, 2.05) is 74.6 Å². The molecule has 2 atom stereocenters. The maximum atomic E-state index is 12.9.